The molecule has 0 radical (unpaired) electrons. The lowest BCUT2D eigenvalue weighted by Crippen LogP contribution is -2.53. The monoisotopic (exact) mass is 521 g/mol. The normalized spacial score (nSPS) is 15.2. The molecule has 0 aromatic heterocycles. The van der Waals surface area contributed by atoms with E-state index in [1.807, 2.05) is 30.3 Å². The fraction of sp³-hybridized carbons (Fsp3) is 0.462. The van der Waals surface area contributed by atoms with E-state index in [9.17, 15) is 26.8 Å². The van der Waals surface area contributed by atoms with Gasteiger partial charge in [-0.1, -0.05) is 49.6 Å². The van der Waals surface area contributed by atoms with Crippen molar-refractivity contribution in [3.05, 3.63) is 65.7 Å². The Morgan fingerprint density at radius 1 is 1.03 bits per heavy atom. The molecule has 0 unspecified atom stereocenters. The van der Waals surface area contributed by atoms with Crippen molar-refractivity contribution in [3.63, 3.8) is 0 Å². The van der Waals surface area contributed by atoms with Gasteiger partial charge in [0.25, 0.3) is 0 Å². The maximum absolute atomic E-state index is 13.8. The summed E-state index contributed by atoms with van der Waals surface area (Å²) in [5.41, 5.74) is 0.780. The molecule has 1 aliphatic rings. The molecule has 0 bridgehead atoms. The number of hydrogen-bond acceptors (Lipinski definition) is 4. The third kappa shape index (κ3) is 7.49. The largest absolute Gasteiger partial charge is 0.352 e. The summed E-state index contributed by atoms with van der Waals surface area (Å²) >= 11 is 0. The molecule has 1 aliphatic carbocycles. The number of anilines is 1. The fourth-order valence-corrected chi connectivity index (χ4v) is 5.23. The molecule has 2 amide bonds. The zero-order chi connectivity index (χ0) is 26.3. The number of benzene rings is 2. The summed E-state index contributed by atoms with van der Waals surface area (Å²) in [5.74, 6) is -3.28. The fourth-order valence-electron chi connectivity index (χ4n) is 4.39. The maximum atomic E-state index is 13.8. The quantitative estimate of drug-likeness (QED) is 0.517. The minimum Gasteiger partial charge on any atom is -0.352 e. The Morgan fingerprint density at radius 3 is 2.31 bits per heavy atom. The molecule has 0 aliphatic heterocycles. The summed E-state index contributed by atoms with van der Waals surface area (Å²) in [5, 5.41) is 3.03. The van der Waals surface area contributed by atoms with Crippen LogP contribution < -0.4 is 9.62 Å². The maximum Gasteiger partial charge on any atom is 0.244 e. The van der Waals surface area contributed by atoms with Crippen LogP contribution in [0.1, 0.15) is 44.6 Å². The molecule has 1 atom stereocenters. The average Bonchev–Trinajstić information content (AvgIpc) is 2.85. The van der Waals surface area contributed by atoms with E-state index in [1.165, 1.54) is 4.90 Å². The van der Waals surface area contributed by atoms with Gasteiger partial charge in [-0.05, 0) is 43.9 Å². The van der Waals surface area contributed by atoms with Crippen LogP contribution >= 0.6 is 0 Å². The van der Waals surface area contributed by atoms with E-state index in [0.29, 0.717) is 6.42 Å². The van der Waals surface area contributed by atoms with Crippen molar-refractivity contribution in [3.8, 4) is 0 Å². The van der Waals surface area contributed by atoms with Crippen molar-refractivity contribution in [2.75, 3.05) is 23.7 Å². The first kappa shape index (κ1) is 27.6. The molecule has 2 aromatic rings. The van der Waals surface area contributed by atoms with Crippen molar-refractivity contribution in [1.82, 2.24) is 10.2 Å². The second kappa shape index (κ2) is 12.3. The number of nitrogens with one attached hydrogen (secondary N) is 1. The lowest BCUT2D eigenvalue weighted by molar-refractivity contribution is -0.139. The highest BCUT2D eigenvalue weighted by Crippen LogP contribution is 2.22. The third-order valence-electron chi connectivity index (χ3n) is 6.47. The molecule has 2 aromatic carbocycles. The highest BCUT2D eigenvalue weighted by Gasteiger charge is 2.31. The van der Waals surface area contributed by atoms with E-state index in [-0.39, 0.29) is 24.2 Å². The highest BCUT2D eigenvalue weighted by molar-refractivity contribution is 7.92. The van der Waals surface area contributed by atoms with Crippen LogP contribution in [0.2, 0.25) is 0 Å². The zero-order valence-corrected chi connectivity index (χ0v) is 21.4. The van der Waals surface area contributed by atoms with Crippen LogP contribution in [0.25, 0.3) is 0 Å². The Bertz CT molecular complexity index is 1160. The van der Waals surface area contributed by atoms with Crippen molar-refractivity contribution in [1.29, 1.82) is 0 Å². The Hall–Kier alpha value is -3.01. The molecule has 1 saturated carbocycles. The number of amides is 2. The molecule has 7 nitrogen and oxygen atoms in total. The molecule has 36 heavy (non-hydrogen) atoms. The predicted octanol–water partition coefficient (Wildman–Crippen LogP) is 3.64. The van der Waals surface area contributed by atoms with Crippen LogP contribution in [-0.4, -0.2) is 56.6 Å². The topological polar surface area (TPSA) is 86.8 Å². The van der Waals surface area contributed by atoms with Gasteiger partial charge in [0.05, 0.1) is 11.9 Å². The first-order valence-corrected chi connectivity index (χ1v) is 14.0. The molecule has 196 valence electrons. The Balaban J connectivity index is 1.82. The second-order valence-corrected chi connectivity index (χ2v) is 11.1. The number of hydrogen-bond donors (Lipinski definition) is 1. The number of halogens is 2. The van der Waals surface area contributed by atoms with Crippen LogP contribution in [0, 0.1) is 11.6 Å². The number of carbonyl (C=O) groups excluding carboxylic acids is 2. The van der Waals surface area contributed by atoms with Gasteiger partial charge >= 0.3 is 0 Å². The number of nitrogens with zero attached hydrogens (tertiary/aromatic N) is 2. The van der Waals surface area contributed by atoms with Crippen LogP contribution in [0.5, 0.6) is 0 Å². The smallest absolute Gasteiger partial charge is 0.244 e. The van der Waals surface area contributed by atoms with Crippen molar-refractivity contribution in [2.45, 2.75) is 57.5 Å². The second-order valence-electron chi connectivity index (χ2n) is 9.21. The van der Waals surface area contributed by atoms with Crippen LogP contribution in [-0.2, 0) is 26.0 Å². The lowest BCUT2D eigenvalue weighted by Gasteiger charge is -2.33. The van der Waals surface area contributed by atoms with E-state index in [4.69, 9.17) is 0 Å². The molecule has 0 saturated heterocycles. The van der Waals surface area contributed by atoms with Gasteiger partial charge in [-0.25, -0.2) is 17.2 Å². The van der Waals surface area contributed by atoms with E-state index in [0.717, 1.165) is 66.4 Å². The highest BCUT2D eigenvalue weighted by atomic mass is 32.2. The van der Waals surface area contributed by atoms with Gasteiger partial charge < -0.3 is 10.2 Å². The molecule has 10 heteroatoms. The Kier molecular flexibility index (Phi) is 9.42. The predicted molar refractivity (Wildman–Crippen MR) is 135 cm³/mol. The first-order chi connectivity index (χ1) is 17.1. The Morgan fingerprint density at radius 2 is 1.69 bits per heavy atom. The van der Waals surface area contributed by atoms with Crippen LogP contribution in [0.15, 0.2) is 48.5 Å². The molecular formula is C26H33F2N3O4S. The molecule has 1 N–H and O–H groups in total. The summed E-state index contributed by atoms with van der Waals surface area (Å²) in [6, 6.07) is 11.3. The Labute approximate surface area is 211 Å². The standard InChI is InChI=1S/C26H33F2N3O4S/c1-19(26(33)29-21-11-7-4-8-12-21)30(16-15-20-9-5-3-6-10-20)25(32)18-31(36(2,34)35)22-13-14-23(27)24(28)17-22/h3,5-6,9-10,13-14,17,19,21H,4,7-8,11-12,15-16,18H2,1-2H3,(H,29,33)/t19-/m1/s1. The van der Waals surface area contributed by atoms with E-state index >= 15 is 0 Å². The lowest BCUT2D eigenvalue weighted by atomic mass is 9.95. The first-order valence-electron chi connectivity index (χ1n) is 12.1. The van der Waals surface area contributed by atoms with E-state index in [1.54, 1.807) is 6.92 Å². The van der Waals surface area contributed by atoms with Crippen molar-refractivity contribution >= 4 is 27.5 Å². The van der Waals surface area contributed by atoms with Gasteiger partial charge in [0.1, 0.15) is 12.6 Å². The summed E-state index contributed by atoms with van der Waals surface area (Å²) in [7, 11) is -4.02. The number of carbonyl (C=O) groups is 2. The van der Waals surface area contributed by atoms with Crippen molar-refractivity contribution in [2.24, 2.45) is 0 Å². The van der Waals surface area contributed by atoms with Gasteiger partial charge in [0.2, 0.25) is 21.8 Å². The molecule has 0 heterocycles. The molecule has 0 spiro atoms. The van der Waals surface area contributed by atoms with Gasteiger partial charge in [0, 0.05) is 18.7 Å². The van der Waals surface area contributed by atoms with Crippen molar-refractivity contribution < 1.29 is 26.8 Å². The number of rotatable bonds is 10. The molecule has 3 rings (SSSR count). The SMILES string of the molecule is C[C@H](C(=O)NC1CCCCC1)N(CCc1ccccc1)C(=O)CN(c1ccc(F)c(F)c1)S(C)(=O)=O. The average molecular weight is 522 g/mol. The summed E-state index contributed by atoms with van der Waals surface area (Å²) in [4.78, 5) is 27.9. The zero-order valence-electron chi connectivity index (χ0n) is 20.6. The summed E-state index contributed by atoms with van der Waals surface area (Å²) in [6.45, 7) is 1.14. The minimum atomic E-state index is -4.02. The van der Waals surface area contributed by atoms with E-state index in [2.05, 4.69) is 5.32 Å². The van der Waals surface area contributed by atoms with Gasteiger partial charge in [0.15, 0.2) is 11.6 Å². The van der Waals surface area contributed by atoms with Gasteiger partial charge in [-0.3, -0.25) is 13.9 Å². The van der Waals surface area contributed by atoms with Crippen LogP contribution in [0.3, 0.4) is 0 Å². The van der Waals surface area contributed by atoms with E-state index < -0.39 is 40.2 Å². The number of sulfonamides is 1. The van der Waals surface area contributed by atoms with Crippen LogP contribution in [0.4, 0.5) is 14.5 Å². The summed E-state index contributed by atoms with van der Waals surface area (Å²) < 4.78 is 53.0. The molecular weight excluding hydrogens is 488 g/mol. The van der Waals surface area contributed by atoms with Gasteiger partial charge in [-0.2, -0.15) is 0 Å². The van der Waals surface area contributed by atoms with Gasteiger partial charge in [-0.15, -0.1) is 0 Å². The third-order valence-corrected chi connectivity index (χ3v) is 7.61. The minimum absolute atomic E-state index is 0.0504. The molecule has 1 fully saturated rings. The summed E-state index contributed by atoms with van der Waals surface area (Å²) in [6.07, 6.45) is 6.31.